The summed E-state index contributed by atoms with van der Waals surface area (Å²) in [5.41, 5.74) is 3.24. The number of aromatic hydroxyl groups is 1. The highest BCUT2D eigenvalue weighted by Crippen LogP contribution is 2.28. The summed E-state index contributed by atoms with van der Waals surface area (Å²) >= 11 is 0. The molecule has 1 aromatic heterocycles. The van der Waals surface area contributed by atoms with E-state index in [1.54, 1.807) is 31.2 Å². The standard InChI is InChI=1S/C15H16N2O4/c1-3-20-13-6-4-5-11(14(13)18)9-16-17-15(19)12-7-8-21-10(12)2/h4-9,18H,3H2,1-2H3,(H,17,19). The number of hydrazone groups is 1. The number of hydrogen-bond acceptors (Lipinski definition) is 5. The average molecular weight is 288 g/mol. The van der Waals surface area contributed by atoms with Crippen LogP contribution in [0.1, 0.15) is 28.6 Å². The highest BCUT2D eigenvalue weighted by Gasteiger charge is 2.10. The quantitative estimate of drug-likeness (QED) is 0.654. The zero-order valence-electron chi connectivity index (χ0n) is 11.8. The predicted molar refractivity (Wildman–Crippen MR) is 77.8 cm³/mol. The van der Waals surface area contributed by atoms with E-state index >= 15 is 0 Å². The van der Waals surface area contributed by atoms with Crippen molar-refractivity contribution in [1.82, 2.24) is 5.43 Å². The SMILES string of the molecule is CCOc1cccc(C=NNC(=O)c2ccoc2C)c1O. The number of phenolic OH excluding ortho intramolecular Hbond substituents is 1. The van der Waals surface area contributed by atoms with Crippen LogP contribution in [0.25, 0.3) is 0 Å². The van der Waals surface area contributed by atoms with Crippen molar-refractivity contribution < 1.29 is 19.1 Å². The van der Waals surface area contributed by atoms with Crippen LogP contribution in [0.2, 0.25) is 0 Å². The maximum absolute atomic E-state index is 11.8. The summed E-state index contributed by atoms with van der Waals surface area (Å²) in [6, 6.07) is 6.61. The summed E-state index contributed by atoms with van der Waals surface area (Å²) in [6.45, 7) is 3.97. The summed E-state index contributed by atoms with van der Waals surface area (Å²) in [5.74, 6) is 0.497. The fourth-order valence-electron chi connectivity index (χ4n) is 1.76. The Kier molecular flexibility index (Phi) is 4.61. The molecule has 2 rings (SSSR count). The molecule has 0 spiro atoms. The zero-order valence-corrected chi connectivity index (χ0v) is 11.8. The third-order valence-corrected chi connectivity index (χ3v) is 2.80. The van der Waals surface area contributed by atoms with E-state index in [1.807, 2.05) is 6.92 Å². The molecule has 1 aromatic carbocycles. The Morgan fingerprint density at radius 3 is 2.95 bits per heavy atom. The third-order valence-electron chi connectivity index (χ3n) is 2.80. The number of carbonyl (C=O) groups excluding carboxylic acids is 1. The summed E-state index contributed by atoms with van der Waals surface area (Å²) in [7, 11) is 0. The fourth-order valence-corrected chi connectivity index (χ4v) is 1.76. The van der Waals surface area contributed by atoms with E-state index in [9.17, 15) is 9.90 Å². The lowest BCUT2D eigenvalue weighted by Crippen LogP contribution is -2.17. The van der Waals surface area contributed by atoms with E-state index < -0.39 is 0 Å². The number of ether oxygens (including phenoxy) is 1. The molecule has 6 nitrogen and oxygen atoms in total. The Hall–Kier alpha value is -2.76. The second-order valence-corrected chi connectivity index (χ2v) is 4.22. The normalized spacial score (nSPS) is 10.8. The maximum Gasteiger partial charge on any atom is 0.274 e. The second-order valence-electron chi connectivity index (χ2n) is 4.22. The van der Waals surface area contributed by atoms with Crippen LogP contribution in [0.3, 0.4) is 0 Å². The van der Waals surface area contributed by atoms with E-state index in [0.29, 0.717) is 29.2 Å². The van der Waals surface area contributed by atoms with Crippen LogP contribution in [0.15, 0.2) is 40.0 Å². The van der Waals surface area contributed by atoms with Gasteiger partial charge in [0.25, 0.3) is 5.91 Å². The summed E-state index contributed by atoms with van der Waals surface area (Å²) in [6.07, 6.45) is 2.79. The van der Waals surface area contributed by atoms with Crippen LogP contribution < -0.4 is 10.2 Å². The first-order valence-corrected chi connectivity index (χ1v) is 6.45. The number of amides is 1. The number of nitrogens with zero attached hydrogens (tertiary/aromatic N) is 1. The summed E-state index contributed by atoms with van der Waals surface area (Å²) in [5, 5.41) is 13.8. The molecule has 0 radical (unpaired) electrons. The lowest BCUT2D eigenvalue weighted by atomic mass is 10.2. The van der Waals surface area contributed by atoms with Crippen molar-refractivity contribution in [3.8, 4) is 11.5 Å². The van der Waals surface area contributed by atoms with Crippen molar-refractivity contribution in [2.24, 2.45) is 5.10 Å². The molecule has 0 aliphatic heterocycles. The molecule has 0 unspecified atom stereocenters. The topological polar surface area (TPSA) is 84.1 Å². The Morgan fingerprint density at radius 2 is 2.29 bits per heavy atom. The van der Waals surface area contributed by atoms with Gasteiger partial charge in [0.1, 0.15) is 5.76 Å². The predicted octanol–water partition coefficient (Wildman–Crippen LogP) is 2.46. The smallest absolute Gasteiger partial charge is 0.274 e. The number of aryl methyl sites for hydroxylation is 1. The molecule has 6 heteroatoms. The molecule has 1 heterocycles. The van der Waals surface area contributed by atoms with Gasteiger partial charge in [-0.1, -0.05) is 6.07 Å². The van der Waals surface area contributed by atoms with Gasteiger partial charge in [-0.2, -0.15) is 5.10 Å². The van der Waals surface area contributed by atoms with Crippen LogP contribution in [-0.4, -0.2) is 23.8 Å². The molecule has 0 saturated heterocycles. The van der Waals surface area contributed by atoms with Crippen LogP contribution in [0.4, 0.5) is 0 Å². The van der Waals surface area contributed by atoms with Crippen molar-refractivity contribution in [3.63, 3.8) is 0 Å². The molecule has 2 aromatic rings. The molecular weight excluding hydrogens is 272 g/mol. The first-order chi connectivity index (χ1) is 10.1. The number of benzene rings is 1. The van der Waals surface area contributed by atoms with Gasteiger partial charge in [-0.05, 0) is 32.0 Å². The number of carbonyl (C=O) groups is 1. The van der Waals surface area contributed by atoms with E-state index in [0.717, 1.165) is 0 Å². The van der Waals surface area contributed by atoms with Crippen molar-refractivity contribution in [2.75, 3.05) is 6.61 Å². The Morgan fingerprint density at radius 1 is 1.48 bits per heavy atom. The largest absolute Gasteiger partial charge is 0.504 e. The lowest BCUT2D eigenvalue weighted by Gasteiger charge is -2.07. The molecule has 2 N–H and O–H groups in total. The van der Waals surface area contributed by atoms with Gasteiger partial charge in [0.15, 0.2) is 11.5 Å². The van der Waals surface area contributed by atoms with Crippen molar-refractivity contribution >= 4 is 12.1 Å². The van der Waals surface area contributed by atoms with Gasteiger partial charge in [-0.25, -0.2) is 5.43 Å². The highest BCUT2D eigenvalue weighted by atomic mass is 16.5. The van der Waals surface area contributed by atoms with Gasteiger partial charge >= 0.3 is 0 Å². The second kappa shape index (κ2) is 6.60. The fraction of sp³-hybridized carbons (Fsp3) is 0.200. The number of phenols is 1. The third kappa shape index (κ3) is 3.42. The molecule has 21 heavy (non-hydrogen) atoms. The van der Waals surface area contributed by atoms with Crippen LogP contribution in [0.5, 0.6) is 11.5 Å². The molecule has 0 bridgehead atoms. The molecule has 0 fully saturated rings. The summed E-state index contributed by atoms with van der Waals surface area (Å²) < 4.78 is 10.3. The minimum atomic E-state index is -0.377. The zero-order chi connectivity index (χ0) is 15.2. The van der Waals surface area contributed by atoms with Crippen LogP contribution in [0, 0.1) is 6.92 Å². The summed E-state index contributed by atoms with van der Waals surface area (Å²) in [4.78, 5) is 11.8. The van der Waals surface area contributed by atoms with Crippen LogP contribution in [-0.2, 0) is 0 Å². The number of rotatable bonds is 5. The minimum absolute atomic E-state index is 0.0168. The molecule has 0 aliphatic rings. The lowest BCUT2D eigenvalue weighted by molar-refractivity contribution is 0.0953. The van der Waals surface area contributed by atoms with Gasteiger partial charge in [0, 0.05) is 5.56 Å². The van der Waals surface area contributed by atoms with E-state index in [1.165, 1.54) is 12.5 Å². The van der Waals surface area contributed by atoms with Crippen molar-refractivity contribution in [3.05, 3.63) is 47.4 Å². The number of furan rings is 1. The van der Waals surface area contributed by atoms with Gasteiger partial charge in [0.2, 0.25) is 0 Å². The Bertz CT molecular complexity index is 661. The van der Waals surface area contributed by atoms with E-state index in [4.69, 9.17) is 9.15 Å². The van der Waals surface area contributed by atoms with Crippen LogP contribution >= 0.6 is 0 Å². The minimum Gasteiger partial charge on any atom is -0.504 e. The highest BCUT2D eigenvalue weighted by molar-refractivity contribution is 5.95. The van der Waals surface area contributed by atoms with Crippen molar-refractivity contribution in [1.29, 1.82) is 0 Å². The van der Waals surface area contributed by atoms with Gasteiger partial charge in [0.05, 0.1) is 24.6 Å². The molecule has 0 atom stereocenters. The molecule has 0 saturated carbocycles. The van der Waals surface area contributed by atoms with E-state index in [-0.39, 0.29) is 11.7 Å². The first-order valence-electron chi connectivity index (χ1n) is 6.45. The number of para-hydroxylation sites is 1. The molecular formula is C15H16N2O4. The Labute approximate surface area is 122 Å². The van der Waals surface area contributed by atoms with E-state index in [2.05, 4.69) is 10.5 Å². The number of hydrogen-bond donors (Lipinski definition) is 2. The molecule has 110 valence electrons. The molecule has 0 aliphatic carbocycles. The maximum atomic E-state index is 11.8. The monoisotopic (exact) mass is 288 g/mol. The average Bonchev–Trinajstić information content (AvgIpc) is 2.89. The van der Waals surface area contributed by atoms with Gasteiger partial charge < -0.3 is 14.3 Å². The van der Waals surface area contributed by atoms with Crippen molar-refractivity contribution in [2.45, 2.75) is 13.8 Å². The number of nitrogens with one attached hydrogen (secondary N) is 1. The molecule has 1 amide bonds. The Balaban J connectivity index is 2.07. The first kappa shape index (κ1) is 14.6. The van der Waals surface area contributed by atoms with Gasteiger partial charge in [-0.3, -0.25) is 4.79 Å². The van der Waals surface area contributed by atoms with Gasteiger partial charge in [-0.15, -0.1) is 0 Å².